The zero-order chi connectivity index (χ0) is 21.5. The van der Waals surface area contributed by atoms with Gasteiger partial charge >= 0.3 is 0 Å². The van der Waals surface area contributed by atoms with E-state index in [0.29, 0.717) is 31.2 Å². The minimum absolute atomic E-state index is 0.107. The van der Waals surface area contributed by atoms with Crippen molar-refractivity contribution in [2.45, 2.75) is 26.4 Å². The Labute approximate surface area is 181 Å². The van der Waals surface area contributed by atoms with E-state index < -0.39 is 0 Å². The molecular formula is C21H29N5O3S. The highest BCUT2D eigenvalue weighted by molar-refractivity contribution is 7.09. The number of piperazine rings is 1. The van der Waals surface area contributed by atoms with Crippen LogP contribution in [-0.4, -0.2) is 77.0 Å². The fraction of sp³-hybridized carbons (Fsp3) is 0.476. The summed E-state index contributed by atoms with van der Waals surface area (Å²) < 4.78 is 4.96. The molecule has 3 rings (SSSR count). The second-order valence-corrected chi connectivity index (χ2v) is 8.48. The summed E-state index contributed by atoms with van der Waals surface area (Å²) in [4.78, 5) is 32.6. The molecule has 1 saturated heterocycles. The number of nitrogens with one attached hydrogen (secondary N) is 1. The van der Waals surface area contributed by atoms with Gasteiger partial charge in [0.05, 0.1) is 19.1 Å². The SMILES string of the molecule is C=CCN(Cc1cccs1)C(=O)C(C)N1CCN(CC(=O)Nc2cc(C)on2)CC1. The maximum absolute atomic E-state index is 13.1. The van der Waals surface area contributed by atoms with E-state index in [1.807, 2.05) is 29.3 Å². The molecule has 0 radical (unpaired) electrons. The summed E-state index contributed by atoms with van der Waals surface area (Å²) in [7, 11) is 0. The summed E-state index contributed by atoms with van der Waals surface area (Å²) in [5.74, 6) is 1.08. The average Bonchev–Trinajstić information content (AvgIpc) is 3.38. The molecule has 0 aromatic carbocycles. The molecule has 0 spiro atoms. The lowest BCUT2D eigenvalue weighted by Gasteiger charge is -2.38. The van der Waals surface area contributed by atoms with Crippen LogP contribution in [0.1, 0.15) is 17.6 Å². The van der Waals surface area contributed by atoms with E-state index >= 15 is 0 Å². The van der Waals surface area contributed by atoms with Crippen molar-refractivity contribution in [3.63, 3.8) is 0 Å². The van der Waals surface area contributed by atoms with Gasteiger partial charge < -0.3 is 14.7 Å². The smallest absolute Gasteiger partial charge is 0.240 e. The van der Waals surface area contributed by atoms with Gasteiger partial charge in [-0.15, -0.1) is 17.9 Å². The molecule has 162 valence electrons. The zero-order valence-electron chi connectivity index (χ0n) is 17.5. The number of hydrogen-bond acceptors (Lipinski definition) is 7. The van der Waals surface area contributed by atoms with Crippen molar-refractivity contribution in [1.82, 2.24) is 19.9 Å². The number of thiophene rings is 1. The van der Waals surface area contributed by atoms with E-state index in [4.69, 9.17) is 4.52 Å². The minimum Gasteiger partial charge on any atom is -0.360 e. The molecule has 2 aromatic heterocycles. The van der Waals surface area contributed by atoms with Gasteiger partial charge in [0.2, 0.25) is 11.8 Å². The fourth-order valence-electron chi connectivity index (χ4n) is 3.52. The van der Waals surface area contributed by atoms with E-state index in [1.165, 1.54) is 0 Å². The van der Waals surface area contributed by atoms with Crippen LogP contribution in [-0.2, 0) is 16.1 Å². The summed E-state index contributed by atoms with van der Waals surface area (Å²) in [6.45, 7) is 11.9. The highest BCUT2D eigenvalue weighted by atomic mass is 32.1. The maximum Gasteiger partial charge on any atom is 0.240 e. The Morgan fingerprint density at radius 3 is 2.77 bits per heavy atom. The highest BCUT2D eigenvalue weighted by Gasteiger charge is 2.29. The van der Waals surface area contributed by atoms with Crippen molar-refractivity contribution in [2.75, 3.05) is 44.6 Å². The third-order valence-electron chi connectivity index (χ3n) is 5.16. The lowest BCUT2D eigenvalue weighted by molar-refractivity contribution is -0.137. The van der Waals surface area contributed by atoms with Crippen LogP contribution in [0.25, 0.3) is 0 Å². The zero-order valence-corrected chi connectivity index (χ0v) is 18.4. The van der Waals surface area contributed by atoms with Gasteiger partial charge in [-0.3, -0.25) is 19.4 Å². The number of hydrogen-bond donors (Lipinski definition) is 1. The Balaban J connectivity index is 1.47. The molecule has 2 amide bonds. The number of rotatable bonds is 9. The van der Waals surface area contributed by atoms with Crippen LogP contribution in [0.15, 0.2) is 40.8 Å². The number of carbonyl (C=O) groups is 2. The Bertz CT molecular complexity index is 843. The van der Waals surface area contributed by atoms with E-state index in [-0.39, 0.29) is 17.9 Å². The molecule has 3 heterocycles. The Kier molecular flexibility index (Phi) is 7.78. The lowest BCUT2D eigenvalue weighted by atomic mass is 10.2. The molecule has 2 aromatic rings. The van der Waals surface area contributed by atoms with Gasteiger partial charge in [0.1, 0.15) is 5.76 Å². The first kappa shape index (κ1) is 22.2. The predicted molar refractivity (Wildman–Crippen MR) is 117 cm³/mol. The van der Waals surface area contributed by atoms with E-state index in [0.717, 1.165) is 31.1 Å². The van der Waals surface area contributed by atoms with Gasteiger partial charge in [-0.2, -0.15) is 0 Å². The number of carbonyl (C=O) groups excluding carboxylic acids is 2. The number of anilines is 1. The molecule has 1 unspecified atom stereocenters. The van der Waals surface area contributed by atoms with Crippen molar-refractivity contribution < 1.29 is 14.1 Å². The first-order valence-corrected chi connectivity index (χ1v) is 11.0. The van der Waals surface area contributed by atoms with Crippen LogP contribution < -0.4 is 5.32 Å². The summed E-state index contributed by atoms with van der Waals surface area (Å²) in [5.41, 5.74) is 0. The van der Waals surface area contributed by atoms with Crippen molar-refractivity contribution in [3.8, 4) is 0 Å². The number of aryl methyl sites for hydroxylation is 1. The van der Waals surface area contributed by atoms with E-state index in [1.54, 1.807) is 30.4 Å². The summed E-state index contributed by atoms with van der Waals surface area (Å²) in [6, 6.07) is 5.52. The molecule has 0 aliphatic carbocycles. The van der Waals surface area contributed by atoms with Crippen molar-refractivity contribution in [2.24, 2.45) is 0 Å². The first-order valence-electron chi connectivity index (χ1n) is 10.1. The molecule has 1 atom stereocenters. The molecule has 1 aliphatic rings. The maximum atomic E-state index is 13.1. The van der Waals surface area contributed by atoms with Crippen LogP contribution in [0.4, 0.5) is 5.82 Å². The Morgan fingerprint density at radius 1 is 1.40 bits per heavy atom. The van der Waals surface area contributed by atoms with Gasteiger partial charge in [0, 0.05) is 43.7 Å². The highest BCUT2D eigenvalue weighted by Crippen LogP contribution is 2.15. The molecular weight excluding hydrogens is 402 g/mol. The van der Waals surface area contributed by atoms with Crippen LogP contribution >= 0.6 is 11.3 Å². The molecule has 8 nitrogen and oxygen atoms in total. The lowest BCUT2D eigenvalue weighted by Crippen LogP contribution is -2.55. The fourth-order valence-corrected chi connectivity index (χ4v) is 4.24. The average molecular weight is 432 g/mol. The molecule has 1 fully saturated rings. The summed E-state index contributed by atoms with van der Waals surface area (Å²) in [6.07, 6.45) is 1.77. The first-order chi connectivity index (χ1) is 14.5. The quantitative estimate of drug-likeness (QED) is 0.613. The van der Waals surface area contributed by atoms with Crippen LogP contribution in [0, 0.1) is 6.92 Å². The van der Waals surface area contributed by atoms with Crippen molar-refractivity contribution in [1.29, 1.82) is 0 Å². The second-order valence-electron chi connectivity index (χ2n) is 7.45. The minimum atomic E-state index is -0.209. The third kappa shape index (κ3) is 6.01. The van der Waals surface area contributed by atoms with E-state index in [2.05, 4.69) is 26.9 Å². The molecule has 0 saturated carbocycles. The van der Waals surface area contributed by atoms with Gasteiger partial charge in [0.25, 0.3) is 0 Å². The molecule has 9 heteroatoms. The van der Waals surface area contributed by atoms with E-state index in [9.17, 15) is 9.59 Å². The molecule has 30 heavy (non-hydrogen) atoms. The largest absolute Gasteiger partial charge is 0.360 e. The standard InChI is InChI=1S/C21H29N5O3S/c1-4-7-26(14-18-6-5-12-30-18)21(28)17(3)25-10-8-24(9-11-25)15-20(27)22-19-13-16(2)29-23-19/h4-6,12-13,17H,1,7-11,14-15H2,2-3H3,(H,22,23,27). The second kappa shape index (κ2) is 10.5. The van der Waals surface area contributed by atoms with Gasteiger partial charge in [-0.05, 0) is 25.3 Å². The molecule has 0 bridgehead atoms. The summed E-state index contributed by atoms with van der Waals surface area (Å²) in [5, 5.41) is 8.55. The molecule has 1 N–H and O–H groups in total. The predicted octanol–water partition coefficient (Wildman–Crippen LogP) is 2.20. The van der Waals surface area contributed by atoms with Gasteiger partial charge in [-0.1, -0.05) is 17.3 Å². The van der Waals surface area contributed by atoms with Crippen molar-refractivity contribution >= 4 is 29.0 Å². The number of aromatic nitrogens is 1. The van der Waals surface area contributed by atoms with Crippen LogP contribution in [0.5, 0.6) is 0 Å². The Morgan fingerprint density at radius 2 is 2.17 bits per heavy atom. The monoisotopic (exact) mass is 431 g/mol. The van der Waals surface area contributed by atoms with Crippen LogP contribution in [0.3, 0.4) is 0 Å². The third-order valence-corrected chi connectivity index (χ3v) is 6.02. The van der Waals surface area contributed by atoms with Gasteiger partial charge in [-0.25, -0.2) is 0 Å². The van der Waals surface area contributed by atoms with Crippen molar-refractivity contribution in [3.05, 3.63) is 46.9 Å². The normalized spacial score (nSPS) is 16.2. The topological polar surface area (TPSA) is 81.9 Å². The Hall–Kier alpha value is -2.49. The molecule has 1 aliphatic heterocycles. The van der Waals surface area contributed by atoms with Crippen LogP contribution in [0.2, 0.25) is 0 Å². The summed E-state index contributed by atoms with van der Waals surface area (Å²) >= 11 is 1.65. The number of nitrogens with zero attached hydrogens (tertiary/aromatic N) is 4. The number of amides is 2. The van der Waals surface area contributed by atoms with Gasteiger partial charge in [0.15, 0.2) is 5.82 Å².